The first kappa shape index (κ1) is 12.7. The van der Waals surface area contributed by atoms with Gasteiger partial charge in [-0.3, -0.25) is 0 Å². The van der Waals surface area contributed by atoms with E-state index in [-0.39, 0.29) is 0 Å². The van der Waals surface area contributed by atoms with Crippen LogP contribution < -0.4 is 0 Å². The Morgan fingerprint density at radius 1 is 1.08 bits per heavy atom. The third-order valence-corrected chi connectivity index (χ3v) is 2.59. The minimum absolute atomic E-state index is 0.330. The SMILES string of the molecule is O=C(OC(S)CS)OC(S)CS. The van der Waals surface area contributed by atoms with Crippen LogP contribution >= 0.6 is 50.5 Å². The van der Waals surface area contributed by atoms with E-state index in [9.17, 15) is 4.79 Å². The molecule has 2 atom stereocenters. The van der Waals surface area contributed by atoms with Gasteiger partial charge in [0, 0.05) is 11.5 Å². The number of thiol groups is 4. The topological polar surface area (TPSA) is 35.5 Å². The van der Waals surface area contributed by atoms with Gasteiger partial charge < -0.3 is 9.47 Å². The third-order valence-electron chi connectivity index (χ3n) is 0.777. The summed E-state index contributed by atoms with van der Waals surface area (Å²) in [5.74, 6) is 0.659. The second-order valence-electron chi connectivity index (χ2n) is 1.76. The lowest BCUT2D eigenvalue weighted by Crippen LogP contribution is -2.19. The van der Waals surface area contributed by atoms with Crippen LogP contribution in [0.15, 0.2) is 0 Å². The van der Waals surface area contributed by atoms with E-state index in [2.05, 4.69) is 60.0 Å². The summed E-state index contributed by atoms with van der Waals surface area (Å²) in [5, 5.41) is 0. The first-order valence-corrected chi connectivity index (χ1v) is 5.35. The molecular formula is C5H10O3S4. The molecule has 0 spiro atoms. The monoisotopic (exact) mass is 246 g/mol. The first-order valence-electron chi connectivity index (χ1n) is 3.05. The Morgan fingerprint density at radius 2 is 1.42 bits per heavy atom. The van der Waals surface area contributed by atoms with Crippen LogP contribution in [0.2, 0.25) is 0 Å². The Balaban J connectivity index is 3.59. The summed E-state index contributed by atoms with van der Waals surface area (Å²) in [7, 11) is 0. The number of hydrogen-bond donors (Lipinski definition) is 4. The van der Waals surface area contributed by atoms with Gasteiger partial charge in [0.1, 0.15) is 0 Å². The van der Waals surface area contributed by atoms with Gasteiger partial charge in [0.05, 0.1) is 0 Å². The lowest BCUT2D eigenvalue weighted by molar-refractivity contribution is 0.0503. The standard InChI is InChI=1S/C5H10O3S4/c6-5(7-3(11)1-9)8-4(12)2-10/h3-4,9-12H,1-2H2. The predicted octanol–water partition coefficient (Wildman–Crippen LogP) is 1.51. The summed E-state index contributed by atoms with van der Waals surface area (Å²) in [6.07, 6.45) is -0.807. The number of ether oxygens (including phenoxy) is 2. The van der Waals surface area contributed by atoms with Gasteiger partial charge in [-0.15, -0.1) is 25.3 Å². The molecule has 0 saturated heterocycles. The Morgan fingerprint density at radius 3 is 1.67 bits per heavy atom. The van der Waals surface area contributed by atoms with E-state index in [0.717, 1.165) is 0 Å². The van der Waals surface area contributed by atoms with E-state index >= 15 is 0 Å². The summed E-state index contributed by atoms with van der Waals surface area (Å²) in [6.45, 7) is 0. The highest BCUT2D eigenvalue weighted by Crippen LogP contribution is 2.06. The summed E-state index contributed by atoms with van der Waals surface area (Å²) in [6, 6.07) is 0. The highest BCUT2D eigenvalue weighted by atomic mass is 32.1. The second kappa shape index (κ2) is 7.11. The van der Waals surface area contributed by atoms with Crippen molar-refractivity contribution in [2.45, 2.75) is 10.9 Å². The summed E-state index contributed by atoms with van der Waals surface area (Å²) in [4.78, 5) is 10.8. The molecule has 0 fully saturated rings. The molecule has 3 nitrogen and oxygen atoms in total. The van der Waals surface area contributed by atoms with Crippen LogP contribution in [0.4, 0.5) is 4.79 Å². The minimum atomic E-state index is -0.807. The second-order valence-corrected chi connectivity index (χ2v) is 3.64. The van der Waals surface area contributed by atoms with Crippen molar-refractivity contribution in [2.24, 2.45) is 0 Å². The zero-order valence-corrected chi connectivity index (χ0v) is 9.66. The van der Waals surface area contributed by atoms with Gasteiger partial charge in [0.2, 0.25) is 0 Å². The van der Waals surface area contributed by atoms with Gasteiger partial charge in [-0.05, 0) is 0 Å². The van der Waals surface area contributed by atoms with Crippen LogP contribution in [-0.4, -0.2) is 28.5 Å². The molecule has 0 aromatic rings. The predicted molar refractivity (Wildman–Crippen MR) is 60.8 cm³/mol. The summed E-state index contributed by atoms with van der Waals surface area (Å²) >= 11 is 15.5. The van der Waals surface area contributed by atoms with Crippen molar-refractivity contribution >= 4 is 56.7 Å². The van der Waals surface area contributed by atoms with E-state index in [0.29, 0.717) is 11.5 Å². The molecule has 0 aromatic carbocycles. The van der Waals surface area contributed by atoms with E-state index in [4.69, 9.17) is 0 Å². The van der Waals surface area contributed by atoms with Crippen molar-refractivity contribution in [3.8, 4) is 0 Å². The van der Waals surface area contributed by atoms with Gasteiger partial charge in [-0.25, -0.2) is 4.79 Å². The molecule has 0 amide bonds. The third kappa shape index (κ3) is 6.22. The molecule has 0 aliphatic carbocycles. The lowest BCUT2D eigenvalue weighted by Gasteiger charge is -2.12. The Labute approximate surface area is 93.2 Å². The highest BCUT2D eigenvalue weighted by molar-refractivity contribution is 7.84. The summed E-state index contributed by atoms with van der Waals surface area (Å²) < 4.78 is 9.23. The maximum Gasteiger partial charge on any atom is 0.510 e. The molecule has 0 N–H and O–H groups in total. The fraction of sp³-hybridized carbons (Fsp3) is 0.800. The van der Waals surface area contributed by atoms with Gasteiger partial charge in [-0.1, -0.05) is 0 Å². The van der Waals surface area contributed by atoms with Crippen molar-refractivity contribution in [1.82, 2.24) is 0 Å². The van der Waals surface area contributed by atoms with Crippen LogP contribution in [-0.2, 0) is 9.47 Å². The van der Waals surface area contributed by atoms with Crippen molar-refractivity contribution in [2.75, 3.05) is 11.5 Å². The van der Waals surface area contributed by atoms with Crippen molar-refractivity contribution in [1.29, 1.82) is 0 Å². The first-order chi connectivity index (χ1) is 5.60. The normalized spacial score (nSPS) is 15.0. The van der Waals surface area contributed by atoms with Crippen LogP contribution in [0, 0.1) is 0 Å². The number of hydrogen-bond acceptors (Lipinski definition) is 7. The maximum atomic E-state index is 10.8. The van der Waals surface area contributed by atoms with E-state index in [1.165, 1.54) is 0 Å². The van der Waals surface area contributed by atoms with Gasteiger partial charge in [-0.2, -0.15) is 25.3 Å². The minimum Gasteiger partial charge on any atom is -0.419 e. The van der Waals surface area contributed by atoms with Gasteiger partial charge >= 0.3 is 6.16 Å². The van der Waals surface area contributed by atoms with Crippen LogP contribution in [0.5, 0.6) is 0 Å². The molecule has 0 heterocycles. The molecule has 0 saturated carbocycles. The van der Waals surface area contributed by atoms with Crippen LogP contribution in [0.3, 0.4) is 0 Å². The van der Waals surface area contributed by atoms with Crippen LogP contribution in [0.1, 0.15) is 0 Å². The lowest BCUT2D eigenvalue weighted by atomic mass is 10.8. The molecular weight excluding hydrogens is 236 g/mol. The van der Waals surface area contributed by atoms with E-state index in [1.54, 1.807) is 0 Å². The zero-order valence-electron chi connectivity index (χ0n) is 6.08. The number of rotatable bonds is 4. The fourth-order valence-corrected chi connectivity index (χ4v) is 0.646. The molecule has 0 aromatic heterocycles. The Bertz CT molecular complexity index is 129. The molecule has 0 radical (unpaired) electrons. The Kier molecular flexibility index (Phi) is 7.51. The molecule has 72 valence electrons. The average Bonchev–Trinajstić information content (AvgIpc) is 2.03. The summed E-state index contributed by atoms with van der Waals surface area (Å²) in [5.41, 5.74) is -1.11. The van der Waals surface area contributed by atoms with Crippen molar-refractivity contribution in [3.63, 3.8) is 0 Å². The molecule has 0 bridgehead atoms. The molecule has 0 aliphatic rings. The molecule has 2 unspecified atom stereocenters. The molecule has 12 heavy (non-hydrogen) atoms. The van der Waals surface area contributed by atoms with Crippen LogP contribution in [0.25, 0.3) is 0 Å². The smallest absolute Gasteiger partial charge is 0.419 e. The fourth-order valence-electron chi connectivity index (χ4n) is 0.324. The van der Waals surface area contributed by atoms with Crippen molar-refractivity contribution < 1.29 is 14.3 Å². The van der Waals surface area contributed by atoms with Crippen molar-refractivity contribution in [3.05, 3.63) is 0 Å². The maximum absolute atomic E-state index is 10.8. The largest absolute Gasteiger partial charge is 0.510 e. The molecule has 7 heteroatoms. The quantitative estimate of drug-likeness (QED) is 0.345. The number of carbonyl (C=O) groups is 1. The molecule has 0 aliphatic heterocycles. The van der Waals surface area contributed by atoms with E-state index < -0.39 is 17.0 Å². The zero-order chi connectivity index (χ0) is 9.56. The van der Waals surface area contributed by atoms with Gasteiger partial charge in [0.25, 0.3) is 0 Å². The number of carbonyl (C=O) groups excluding carboxylic acids is 1. The Hall–Kier alpha value is 0.670. The average molecular weight is 246 g/mol. The highest BCUT2D eigenvalue weighted by Gasteiger charge is 2.12. The van der Waals surface area contributed by atoms with E-state index in [1.807, 2.05) is 0 Å². The molecule has 0 rings (SSSR count). The van der Waals surface area contributed by atoms with Gasteiger partial charge in [0.15, 0.2) is 10.9 Å².